The molecule has 5 heteroatoms. The van der Waals surface area contributed by atoms with Gasteiger partial charge in [-0.15, -0.1) is 0 Å². The molecule has 0 saturated heterocycles. The molecule has 5 nitrogen and oxygen atoms in total. The fourth-order valence-electron chi connectivity index (χ4n) is 1.43. The monoisotopic (exact) mass is 220 g/mol. The topological polar surface area (TPSA) is 83.8 Å². The highest BCUT2D eigenvalue weighted by Gasteiger charge is 2.17. The molecule has 1 heterocycles. The highest BCUT2D eigenvalue weighted by atomic mass is 16.5. The van der Waals surface area contributed by atoms with E-state index >= 15 is 0 Å². The first-order valence-electron chi connectivity index (χ1n) is 4.52. The van der Waals surface area contributed by atoms with Crippen molar-refractivity contribution in [2.45, 2.75) is 0 Å². The Kier molecular flexibility index (Phi) is 2.36. The molecule has 0 amide bonds. The number of hydrogen-bond donors (Lipinski definition) is 2. The van der Waals surface area contributed by atoms with Gasteiger partial charge in [0.1, 0.15) is 12.4 Å². The minimum absolute atomic E-state index is 0.00521. The Morgan fingerprint density at radius 3 is 2.56 bits per heavy atom. The van der Waals surface area contributed by atoms with Crippen molar-refractivity contribution in [3.63, 3.8) is 0 Å². The third kappa shape index (κ3) is 1.75. The Morgan fingerprint density at radius 1 is 1.19 bits per heavy atom. The van der Waals surface area contributed by atoms with Crippen LogP contribution in [0.3, 0.4) is 0 Å². The van der Waals surface area contributed by atoms with Crippen molar-refractivity contribution in [2.75, 3.05) is 6.61 Å². The van der Waals surface area contributed by atoms with Crippen LogP contribution in [0.5, 0.6) is 5.75 Å². The maximum absolute atomic E-state index is 10.7. The number of fused-ring (bicyclic) bond motifs is 1. The molecule has 2 N–H and O–H groups in total. The van der Waals surface area contributed by atoms with Crippen molar-refractivity contribution >= 4 is 18.0 Å². The van der Waals surface area contributed by atoms with Crippen LogP contribution in [0.15, 0.2) is 23.8 Å². The standard InChI is InChI=1S/C11H8O5/c12-10(13)6-1-2-9-7(3-6)4-8(5-16-9)11(14)15/h1-4H,5H2,(H,12,13)(H,14,15). The Bertz CT molecular complexity index is 501. The molecule has 0 unspecified atom stereocenters. The molecule has 0 saturated carbocycles. The Morgan fingerprint density at radius 2 is 1.94 bits per heavy atom. The van der Waals surface area contributed by atoms with Gasteiger partial charge in [-0.05, 0) is 24.3 Å². The molecule has 0 bridgehead atoms. The Balaban J connectivity index is 2.47. The molecule has 1 aliphatic rings. The summed E-state index contributed by atoms with van der Waals surface area (Å²) in [7, 11) is 0. The van der Waals surface area contributed by atoms with Gasteiger partial charge in [-0.3, -0.25) is 0 Å². The lowest BCUT2D eigenvalue weighted by Gasteiger charge is -2.15. The van der Waals surface area contributed by atoms with Crippen LogP contribution in [0.4, 0.5) is 0 Å². The lowest BCUT2D eigenvalue weighted by Crippen LogP contribution is -2.14. The number of carbonyl (C=O) groups is 2. The van der Waals surface area contributed by atoms with Crippen molar-refractivity contribution in [1.29, 1.82) is 0 Å². The first-order valence-corrected chi connectivity index (χ1v) is 4.52. The normalized spacial score (nSPS) is 13.4. The summed E-state index contributed by atoms with van der Waals surface area (Å²) in [5.74, 6) is -1.62. The van der Waals surface area contributed by atoms with E-state index in [4.69, 9.17) is 14.9 Å². The summed E-state index contributed by atoms with van der Waals surface area (Å²) in [5.41, 5.74) is 0.684. The van der Waals surface area contributed by atoms with E-state index in [1.54, 1.807) is 0 Å². The summed E-state index contributed by atoms with van der Waals surface area (Å²) in [6, 6.07) is 4.33. The minimum atomic E-state index is -1.06. The van der Waals surface area contributed by atoms with E-state index in [1.165, 1.54) is 24.3 Å². The van der Waals surface area contributed by atoms with Crippen molar-refractivity contribution in [1.82, 2.24) is 0 Å². The largest absolute Gasteiger partial charge is 0.488 e. The van der Waals surface area contributed by atoms with E-state index in [9.17, 15) is 9.59 Å². The van der Waals surface area contributed by atoms with Crippen LogP contribution >= 0.6 is 0 Å². The second-order valence-corrected chi connectivity index (χ2v) is 3.32. The predicted octanol–water partition coefficient (Wildman–Crippen LogP) is 1.25. The van der Waals surface area contributed by atoms with Crippen molar-refractivity contribution in [2.24, 2.45) is 0 Å². The van der Waals surface area contributed by atoms with E-state index in [1.807, 2.05) is 0 Å². The van der Waals surface area contributed by atoms with Gasteiger partial charge in [0, 0.05) is 5.56 Å². The van der Waals surface area contributed by atoms with Gasteiger partial charge < -0.3 is 14.9 Å². The Labute approximate surface area is 90.6 Å². The fraction of sp³-hybridized carbons (Fsp3) is 0.0909. The number of rotatable bonds is 2. The number of carboxylic acid groups (broad SMARTS) is 2. The maximum atomic E-state index is 10.7. The van der Waals surface area contributed by atoms with Crippen LogP contribution in [-0.2, 0) is 4.79 Å². The third-order valence-electron chi connectivity index (χ3n) is 2.24. The zero-order valence-electron chi connectivity index (χ0n) is 8.14. The van der Waals surface area contributed by atoms with Gasteiger partial charge in [0.15, 0.2) is 0 Å². The van der Waals surface area contributed by atoms with E-state index in [0.29, 0.717) is 11.3 Å². The molecule has 82 valence electrons. The summed E-state index contributed by atoms with van der Waals surface area (Å²) in [6.07, 6.45) is 1.42. The van der Waals surface area contributed by atoms with Crippen LogP contribution in [0.25, 0.3) is 6.08 Å². The van der Waals surface area contributed by atoms with Crippen LogP contribution in [-0.4, -0.2) is 28.8 Å². The molecule has 0 fully saturated rings. The molecular formula is C11H8O5. The highest BCUT2D eigenvalue weighted by Crippen LogP contribution is 2.27. The molecule has 0 radical (unpaired) electrons. The van der Waals surface area contributed by atoms with Crippen LogP contribution in [0, 0.1) is 0 Å². The van der Waals surface area contributed by atoms with E-state index < -0.39 is 11.9 Å². The minimum Gasteiger partial charge on any atom is -0.488 e. The highest BCUT2D eigenvalue weighted by molar-refractivity contribution is 5.95. The SMILES string of the molecule is O=C(O)C1=Cc2cc(C(=O)O)ccc2OC1. The van der Waals surface area contributed by atoms with Gasteiger partial charge in [-0.2, -0.15) is 0 Å². The number of aliphatic carboxylic acids is 1. The van der Waals surface area contributed by atoms with E-state index in [-0.39, 0.29) is 17.7 Å². The van der Waals surface area contributed by atoms with Crippen molar-refractivity contribution < 1.29 is 24.5 Å². The van der Waals surface area contributed by atoms with Crippen LogP contribution in [0.1, 0.15) is 15.9 Å². The summed E-state index contributed by atoms with van der Waals surface area (Å²) in [4.78, 5) is 21.4. The van der Waals surface area contributed by atoms with Crippen molar-refractivity contribution in [3.8, 4) is 5.75 Å². The van der Waals surface area contributed by atoms with Crippen LogP contribution < -0.4 is 4.74 Å². The molecule has 0 aromatic heterocycles. The Hall–Kier alpha value is -2.30. The summed E-state index contributed by atoms with van der Waals surface area (Å²) >= 11 is 0. The van der Waals surface area contributed by atoms with E-state index in [2.05, 4.69) is 0 Å². The lowest BCUT2D eigenvalue weighted by atomic mass is 10.0. The molecule has 0 spiro atoms. The van der Waals surface area contributed by atoms with Crippen LogP contribution in [0.2, 0.25) is 0 Å². The molecule has 0 atom stereocenters. The number of benzene rings is 1. The zero-order valence-corrected chi connectivity index (χ0v) is 8.14. The molecule has 16 heavy (non-hydrogen) atoms. The van der Waals surface area contributed by atoms with Gasteiger partial charge in [0.2, 0.25) is 0 Å². The molecule has 1 aliphatic heterocycles. The average molecular weight is 220 g/mol. The summed E-state index contributed by atoms with van der Waals surface area (Å²) < 4.78 is 5.19. The predicted molar refractivity (Wildman–Crippen MR) is 54.5 cm³/mol. The fourth-order valence-corrected chi connectivity index (χ4v) is 1.43. The number of carboxylic acids is 2. The third-order valence-corrected chi connectivity index (χ3v) is 2.24. The molecular weight excluding hydrogens is 212 g/mol. The summed E-state index contributed by atoms with van der Waals surface area (Å²) in [5, 5.41) is 17.6. The average Bonchev–Trinajstić information content (AvgIpc) is 2.27. The molecule has 0 aliphatic carbocycles. The lowest BCUT2D eigenvalue weighted by molar-refractivity contribution is -0.132. The number of aromatic carboxylic acids is 1. The van der Waals surface area contributed by atoms with Gasteiger partial charge in [0.05, 0.1) is 11.1 Å². The van der Waals surface area contributed by atoms with Gasteiger partial charge in [-0.1, -0.05) is 0 Å². The van der Waals surface area contributed by atoms with Gasteiger partial charge >= 0.3 is 11.9 Å². The number of ether oxygens (including phenoxy) is 1. The van der Waals surface area contributed by atoms with Gasteiger partial charge in [0.25, 0.3) is 0 Å². The molecule has 1 aromatic rings. The second kappa shape index (κ2) is 3.69. The van der Waals surface area contributed by atoms with Crippen molar-refractivity contribution in [3.05, 3.63) is 34.9 Å². The van der Waals surface area contributed by atoms with Gasteiger partial charge in [-0.25, -0.2) is 9.59 Å². The maximum Gasteiger partial charge on any atom is 0.335 e. The quantitative estimate of drug-likeness (QED) is 0.783. The molecule has 2 rings (SSSR count). The number of hydrogen-bond acceptors (Lipinski definition) is 3. The smallest absolute Gasteiger partial charge is 0.335 e. The molecule has 1 aromatic carbocycles. The zero-order chi connectivity index (χ0) is 11.7. The first kappa shape index (κ1) is 10.2. The summed E-state index contributed by atoms with van der Waals surface area (Å²) in [6.45, 7) is -0.00521. The second-order valence-electron chi connectivity index (χ2n) is 3.32. The van der Waals surface area contributed by atoms with E-state index in [0.717, 1.165) is 0 Å². The first-order chi connectivity index (χ1) is 7.58.